The van der Waals surface area contributed by atoms with Crippen LogP contribution >= 0.6 is 0 Å². The Morgan fingerprint density at radius 1 is 1.06 bits per heavy atom. The summed E-state index contributed by atoms with van der Waals surface area (Å²) >= 11 is 0. The molecule has 32 heavy (non-hydrogen) atoms. The Hall–Kier alpha value is -3.77. The van der Waals surface area contributed by atoms with Crippen LogP contribution < -0.4 is 10.9 Å². The smallest absolute Gasteiger partial charge is 0.270 e. The number of aromatic nitrogens is 1. The van der Waals surface area contributed by atoms with E-state index in [0.29, 0.717) is 10.9 Å². The number of hydrogen-bond donors (Lipinski definition) is 2. The Morgan fingerprint density at radius 3 is 2.38 bits per heavy atom. The number of nitro benzene ring substituents is 1. The average molecular weight is 459 g/mol. The summed E-state index contributed by atoms with van der Waals surface area (Å²) in [4.78, 5) is 34.7. The average Bonchev–Trinajstić information content (AvgIpc) is 3.14. The molecule has 0 aliphatic rings. The molecule has 0 atom stereocenters. The highest BCUT2D eigenvalue weighted by Crippen LogP contribution is 2.21. The van der Waals surface area contributed by atoms with Gasteiger partial charge in [0, 0.05) is 36.3 Å². The number of carbonyl (C=O) groups excluding carboxylic acids is 2. The number of nitrogens with one attached hydrogen (secondary N) is 2. The van der Waals surface area contributed by atoms with E-state index in [1.807, 2.05) is 6.92 Å². The van der Waals surface area contributed by atoms with Gasteiger partial charge in [-0.2, -0.15) is 4.31 Å². The molecule has 2 N–H and O–H groups in total. The summed E-state index contributed by atoms with van der Waals surface area (Å²) in [6.07, 6.45) is 1.59. The van der Waals surface area contributed by atoms with Gasteiger partial charge in [-0.05, 0) is 31.2 Å². The number of fused-ring (bicyclic) bond motifs is 1. The summed E-state index contributed by atoms with van der Waals surface area (Å²) < 4.78 is 27.5. The van der Waals surface area contributed by atoms with Crippen LogP contribution in [0.2, 0.25) is 0 Å². The number of likely N-dealkylation sites (N-methyl/N-ethyl adjacent to an activating group) is 1. The van der Waals surface area contributed by atoms with Crippen molar-refractivity contribution in [1.29, 1.82) is 0 Å². The van der Waals surface area contributed by atoms with E-state index in [9.17, 15) is 28.1 Å². The van der Waals surface area contributed by atoms with Crippen molar-refractivity contribution in [3.63, 3.8) is 0 Å². The molecule has 2 amide bonds. The third kappa shape index (κ3) is 5.10. The fourth-order valence-electron chi connectivity index (χ4n) is 2.99. The molecule has 168 valence electrons. The summed E-state index contributed by atoms with van der Waals surface area (Å²) in [6.45, 7) is 1.18. The topological polar surface area (TPSA) is 144 Å². The van der Waals surface area contributed by atoms with E-state index in [0.717, 1.165) is 9.87 Å². The summed E-state index contributed by atoms with van der Waals surface area (Å²) in [6, 6.07) is 12.1. The molecule has 0 saturated carbocycles. The zero-order valence-corrected chi connectivity index (χ0v) is 18.1. The number of amides is 2. The minimum atomic E-state index is -3.86. The van der Waals surface area contributed by atoms with Crippen LogP contribution in [0.15, 0.2) is 59.6 Å². The van der Waals surface area contributed by atoms with Gasteiger partial charge in [0.2, 0.25) is 10.0 Å². The van der Waals surface area contributed by atoms with Crippen LogP contribution in [0.3, 0.4) is 0 Å². The monoisotopic (exact) mass is 459 g/mol. The Kier molecular flexibility index (Phi) is 6.55. The predicted molar refractivity (Wildman–Crippen MR) is 116 cm³/mol. The van der Waals surface area contributed by atoms with Crippen LogP contribution in [0.1, 0.15) is 5.56 Å². The number of aryl methyl sites for hydroxylation is 1. The summed E-state index contributed by atoms with van der Waals surface area (Å²) in [7, 11) is -2.59. The van der Waals surface area contributed by atoms with Gasteiger partial charge >= 0.3 is 0 Å². The lowest BCUT2D eigenvalue weighted by atomic mass is 10.2. The third-order valence-electron chi connectivity index (χ3n) is 4.72. The van der Waals surface area contributed by atoms with Crippen LogP contribution in [-0.4, -0.2) is 47.6 Å². The fraction of sp³-hybridized carbons (Fsp3) is 0.200. The minimum absolute atomic E-state index is 0.0576. The van der Waals surface area contributed by atoms with Gasteiger partial charge in [-0.15, -0.1) is 0 Å². The van der Waals surface area contributed by atoms with Crippen LogP contribution in [0.25, 0.3) is 10.9 Å². The molecule has 0 aliphatic heterocycles. The molecule has 1 aromatic heterocycles. The molecule has 0 bridgehead atoms. The van der Waals surface area contributed by atoms with Gasteiger partial charge in [-0.3, -0.25) is 30.6 Å². The maximum Gasteiger partial charge on any atom is 0.270 e. The highest BCUT2D eigenvalue weighted by atomic mass is 32.2. The van der Waals surface area contributed by atoms with Gasteiger partial charge in [-0.1, -0.05) is 17.7 Å². The number of rotatable bonds is 7. The number of carbonyl (C=O) groups is 2. The molecule has 0 spiro atoms. The van der Waals surface area contributed by atoms with Gasteiger partial charge in [0.05, 0.1) is 16.4 Å². The molecular weight excluding hydrogens is 438 g/mol. The quantitative estimate of drug-likeness (QED) is 0.403. The molecular formula is C20H21N5O6S. The van der Waals surface area contributed by atoms with E-state index in [1.54, 1.807) is 29.0 Å². The Morgan fingerprint density at radius 2 is 1.72 bits per heavy atom. The van der Waals surface area contributed by atoms with Crippen LogP contribution in [0.5, 0.6) is 0 Å². The van der Waals surface area contributed by atoms with Gasteiger partial charge < -0.3 is 4.57 Å². The van der Waals surface area contributed by atoms with Gasteiger partial charge in [0.15, 0.2) is 0 Å². The van der Waals surface area contributed by atoms with Crippen molar-refractivity contribution < 1.29 is 22.9 Å². The maximum atomic E-state index is 12.5. The fourth-order valence-corrected chi connectivity index (χ4v) is 4.12. The van der Waals surface area contributed by atoms with Gasteiger partial charge in [0.25, 0.3) is 17.5 Å². The molecule has 12 heteroatoms. The Balaban J connectivity index is 1.55. The first-order chi connectivity index (χ1) is 15.1. The van der Waals surface area contributed by atoms with Crippen molar-refractivity contribution >= 4 is 38.4 Å². The molecule has 2 aromatic carbocycles. The number of nitro groups is 1. The van der Waals surface area contributed by atoms with E-state index in [2.05, 4.69) is 10.9 Å². The molecule has 3 aromatic rings. The highest BCUT2D eigenvalue weighted by Gasteiger charge is 2.23. The van der Waals surface area contributed by atoms with Crippen molar-refractivity contribution in [1.82, 2.24) is 19.7 Å². The summed E-state index contributed by atoms with van der Waals surface area (Å²) in [5.74, 6) is -1.28. The van der Waals surface area contributed by atoms with Gasteiger partial charge in [-0.25, -0.2) is 8.42 Å². The Bertz CT molecular complexity index is 1280. The second kappa shape index (κ2) is 9.16. The van der Waals surface area contributed by atoms with E-state index in [1.165, 1.54) is 37.4 Å². The minimum Gasteiger partial charge on any atom is -0.338 e. The van der Waals surface area contributed by atoms with Crippen LogP contribution in [0, 0.1) is 17.0 Å². The van der Waals surface area contributed by atoms with Crippen molar-refractivity contribution in [2.75, 3.05) is 13.6 Å². The van der Waals surface area contributed by atoms with Crippen molar-refractivity contribution in [3.8, 4) is 0 Å². The predicted octanol–water partition coefficient (Wildman–Crippen LogP) is 1.33. The first-order valence-electron chi connectivity index (χ1n) is 9.42. The lowest BCUT2D eigenvalue weighted by Gasteiger charge is -2.17. The SMILES string of the molecule is Cc1ccc(S(=O)(=O)N(C)CC(=O)NNC(=O)Cn2ccc3cc([N+](=O)[O-])ccc32)cc1. The van der Waals surface area contributed by atoms with E-state index in [4.69, 9.17) is 0 Å². The Labute approximate surface area is 183 Å². The van der Waals surface area contributed by atoms with Crippen molar-refractivity contribution in [3.05, 3.63) is 70.4 Å². The number of non-ortho nitro benzene ring substituents is 1. The number of sulfonamides is 1. The van der Waals surface area contributed by atoms with E-state index < -0.39 is 33.3 Å². The lowest BCUT2D eigenvalue weighted by Crippen LogP contribution is -2.47. The number of hydrogen-bond acceptors (Lipinski definition) is 6. The molecule has 0 fully saturated rings. The zero-order chi connectivity index (χ0) is 23.5. The molecule has 0 unspecified atom stereocenters. The number of hydrazine groups is 1. The molecule has 1 heterocycles. The standard InChI is InChI=1S/C20H21N5O6S/c1-14-3-6-17(7-4-14)32(30,31)23(2)12-19(26)21-22-20(27)13-24-10-9-15-11-16(25(28)29)5-8-18(15)24/h3-11H,12-13H2,1-2H3,(H,21,26)(H,22,27). The summed E-state index contributed by atoms with van der Waals surface area (Å²) in [5.41, 5.74) is 5.87. The number of benzene rings is 2. The van der Waals surface area contributed by atoms with E-state index in [-0.39, 0.29) is 17.1 Å². The largest absolute Gasteiger partial charge is 0.338 e. The van der Waals surface area contributed by atoms with Gasteiger partial charge in [0.1, 0.15) is 6.54 Å². The third-order valence-corrected chi connectivity index (χ3v) is 6.53. The molecule has 3 rings (SSSR count). The maximum absolute atomic E-state index is 12.5. The molecule has 0 radical (unpaired) electrons. The first-order valence-corrected chi connectivity index (χ1v) is 10.9. The second-order valence-electron chi connectivity index (χ2n) is 7.11. The van der Waals surface area contributed by atoms with E-state index >= 15 is 0 Å². The van der Waals surface area contributed by atoms with Crippen molar-refractivity contribution in [2.45, 2.75) is 18.4 Å². The summed E-state index contributed by atoms with van der Waals surface area (Å²) in [5, 5.41) is 11.5. The zero-order valence-electron chi connectivity index (χ0n) is 17.3. The lowest BCUT2D eigenvalue weighted by molar-refractivity contribution is -0.384. The van der Waals surface area contributed by atoms with Crippen molar-refractivity contribution in [2.24, 2.45) is 0 Å². The molecule has 0 saturated heterocycles. The number of nitrogens with zero attached hydrogens (tertiary/aromatic N) is 3. The van der Waals surface area contributed by atoms with Crippen LogP contribution in [-0.2, 0) is 26.2 Å². The second-order valence-corrected chi connectivity index (χ2v) is 9.16. The molecule has 11 nitrogen and oxygen atoms in total. The molecule has 0 aliphatic carbocycles. The normalized spacial score (nSPS) is 11.5. The van der Waals surface area contributed by atoms with Crippen LogP contribution in [0.4, 0.5) is 5.69 Å². The highest BCUT2D eigenvalue weighted by molar-refractivity contribution is 7.89. The first kappa shape index (κ1) is 22.9.